The van der Waals surface area contributed by atoms with E-state index in [0.29, 0.717) is 6.54 Å². The Morgan fingerprint density at radius 3 is 2.58 bits per heavy atom. The molecule has 0 radical (unpaired) electrons. The van der Waals surface area contributed by atoms with Crippen LogP contribution < -0.4 is 5.32 Å². The Morgan fingerprint density at radius 1 is 1.58 bits per heavy atom. The van der Waals surface area contributed by atoms with Gasteiger partial charge in [0.2, 0.25) is 0 Å². The monoisotopic (exact) mass is 235 g/mol. The van der Waals surface area contributed by atoms with E-state index >= 15 is 0 Å². The smallest absolute Gasteiger partial charge is 0.407 e. The van der Waals surface area contributed by atoms with Gasteiger partial charge in [-0.05, 0) is 25.8 Å². The predicted molar refractivity (Wildman–Crippen MR) is 52.3 cm³/mol. The van der Waals surface area contributed by atoms with Gasteiger partial charge in [0.1, 0.15) is 5.60 Å². The SMILES string of the molecule is CC(C)(C)OC(=O)NC/C=C/Br. The van der Waals surface area contributed by atoms with Crippen LogP contribution in [0, 0.1) is 0 Å². The molecule has 0 aliphatic rings. The summed E-state index contributed by atoms with van der Waals surface area (Å²) in [6.07, 6.45) is 1.37. The molecule has 0 aromatic heterocycles. The zero-order chi connectivity index (χ0) is 9.61. The van der Waals surface area contributed by atoms with Crippen LogP contribution in [0.5, 0.6) is 0 Å². The van der Waals surface area contributed by atoms with Gasteiger partial charge in [0.25, 0.3) is 0 Å². The summed E-state index contributed by atoms with van der Waals surface area (Å²) in [5.74, 6) is 0. The number of amides is 1. The molecule has 0 aromatic carbocycles. The van der Waals surface area contributed by atoms with Crippen LogP contribution in [0.4, 0.5) is 4.79 Å². The summed E-state index contributed by atoms with van der Waals surface area (Å²) in [6.45, 7) is 5.95. The summed E-state index contributed by atoms with van der Waals surface area (Å²) in [5.41, 5.74) is -0.428. The molecule has 1 amide bonds. The Hall–Kier alpha value is -0.510. The standard InChI is InChI=1S/C8H14BrNO2/c1-8(2,3)12-7(11)10-6-4-5-9/h4-5H,6H2,1-3H3,(H,10,11)/b5-4+. The van der Waals surface area contributed by atoms with Gasteiger partial charge in [-0.3, -0.25) is 0 Å². The van der Waals surface area contributed by atoms with Crippen molar-refractivity contribution in [2.75, 3.05) is 6.54 Å². The molecule has 12 heavy (non-hydrogen) atoms. The van der Waals surface area contributed by atoms with E-state index in [2.05, 4.69) is 21.2 Å². The fourth-order valence-corrected chi connectivity index (χ4v) is 0.688. The third-order valence-electron chi connectivity index (χ3n) is 0.852. The van der Waals surface area contributed by atoms with Gasteiger partial charge in [-0.15, -0.1) is 0 Å². The van der Waals surface area contributed by atoms with E-state index in [1.165, 1.54) is 0 Å². The molecular formula is C8H14BrNO2. The van der Waals surface area contributed by atoms with Crippen molar-refractivity contribution >= 4 is 22.0 Å². The summed E-state index contributed by atoms with van der Waals surface area (Å²) >= 11 is 3.09. The highest BCUT2D eigenvalue weighted by Gasteiger charge is 2.14. The average molecular weight is 236 g/mol. The molecule has 0 saturated heterocycles. The van der Waals surface area contributed by atoms with Crippen molar-refractivity contribution in [2.45, 2.75) is 26.4 Å². The lowest BCUT2D eigenvalue weighted by Crippen LogP contribution is -2.32. The molecule has 0 spiro atoms. The third-order valence-corrected chi connectivity index (χ3v) is 1.23. The van der Waals surface area contributed by atoms with E-state index in [1.807, 2.05) is 20.8 Å². The maximum absolute atomic E-state index is 11.0. The summed E-state index contributed by atoms with van der Waals surface area (Å²) in [5, 5.41) is 2.56. The normalized spacial score (nSPS) is 11.7. The molecule has 4 heteroatoms. The van der Waals surface area contributed by atoms with Crippen LogP contribution in [-0.4, -0.2) is 18.2 Å². The first-order valence-corrected chi connectivity index (χ1v) is 4.59. The fraction of sp³-hybridized carbons (Fsp3) is 0.625. The Labute approximate surface area is 81.3 Å². The average Bonchev–Trinajstić information content (AvgIpc) is 1.84. The van der Waals surface area contributed by atoms with Gasteiger partial charge >= 0.3 is 6.09 Å². The molecular weight excluding hydrogens is 222 g/mol. The Kier molecular flexibility index (Phi) is 4.97. The van der Waals surface area contributed by atoms with Crippen molar-refractivity contribution in [1.29, 1.82) is 0 Å². The van der Waals surface area contributed by atoms with Crippen molar-refractivity contribution in [3.05, 3.63) is 11.1 Å². The molecule has 0 fully saturated rings. The molecule has 0 unspecified atom stereocenters. The summed E-state index contributed by atoms with van der Waals surface area (Å²) in [6, 6.07) is 0. The molecule has 70 valence electrons. The van der Waals surface area contributed by atoms with E-state index in [4.69, 9.17) is 4.74 Å². The van der Waals surface area contributed by atoms with Crippen LogP contribution in [0.2, 0.25) is 0 Å². The number of nitrogens with one attached hydrogen (secondary N) is 1. The minimum absolute atomic E-state index is 0.395. The third kappa shape index (κ3) is 7.60. The van der Waals surface area contributed by atoms with Crippen LogP contribution in [0.1, 0.15) is 20.8 Å². The Morgan fingerprint density at radius 2 is 2.17 bits per heavy atom. The van der Waals surface area contributed by atoms with E-state index in [9.17, 15) is 4.79 Å². The minimum Gasteiger partial charge on any atom is -0.444 e. The van der Waals surface area contributed by atoms with Gasteiger partial charge in [0.15, 0.2) is 0 Å². The van der Waals surface area contributed by atoms with Crippen molar-refractivity contribution in [2.24, 2.45) is 0 Å². The molecule has 1 N–H and O–H groups in total. The highest BCUT2D eigenvalue weighted by molar-refractivity contribution is 9.11. The number of rotatable bonds is 2. The maximum atomic E-state index is 11.0. The van der Waals surface area contributed by atoms with Crippen molar-refractivity contribution in [3.8, 4) is 0 Å². The molecule has 3 nitrogen and oxygen atoms in total. The number of alkyl carbamates (subject to hydrolysis) is 1. The highest BCUT2D eigenvalue weighted by atomic mass is 79.9. The summed E-state index contributed by atoms with van der Waals surface area (Å²) in [4.78, 5) is 12.6. The second-order valence-corrected chi connectivity index (χ2v) is 3.77. The summed E-state index contributed by atoms with van der Waals surface area (Å²) in [7, 11) is 0. The van der Waals surface area contributed by atoms with Crippen molar-refractivity contribution in [1.82, 2.24) is 5.32 Å². The molecule has 0 saturated carbocycles. The van der Waals surface area contributed by atoms with Crippen molar-refractivity contribution in [3.63, 3.8) is 0 Å². The molecule has 0 aromatic rings. The van der Waals surface area contributed by atoms with Gasteiger partial charge in [-0.1, -0.05) is 22.0 Å². The van der Waals surface area contributed by atoms with Gasteiger partial charge < -0.3 is 10.1 Å². The number of hydrogen-bond acceptors (Lipinski definition) is 2. The number of ether oxygens (including phenoxy) is 1. The van der Waals surface area contributed by atoms with E-state index in [0.717, 1.165) is 0 Å². The van der Waals surface area contributed by atoms with Crippen molar-refractivity contribution < 1.29 is 9.53 Å². The first kappa shape index (κ1) is 11.5. The van der Waals surface area contributed by atoms with Crippen LogP contribution in [0.15, 0.2) is 11.1 Å². The number of halogens is 1. The van der Waals surface area contributed by atoms with Gasteiger partial charge in [0.05, 0.1) is 0 Å². The molecule has 0 rings (SSSR count). The molecule has 0 aliphatic carbocycles. The van der Waals surface area contributed by atoms with Gasteiger partial charge in [0, 0.05) is 6.54 Å². The van der Waals surface area contributed by atoms with Crippen LogP contribution in [-0.2, 0) is 4.74 Å². The zero-order valence-corrected chi connectivity index (χ0v) is 9.14. The summed E-state index contributed by atoms with van der Waals surface area (Å²) < 4.78 is 4.99. The highest BCUT2D eigenvalue weighted by Crippen LogP contribution is 2.05. The lowest BCUT2D eigenvalue weighted by molar-refractivity contribution is 0.0534. The topological polar surface area (TPSA) is 38.3 Å². The van der Waals surface area contributed by atoms with Crippen LogP contribution in [0.3, 0.4) is 0 Å². The largest absolute Gasteiger partial charge is 0.444 e. The first-order valence-electron chi connectivity index (χ1n) is 3.68. The number of carbonyl (C=O) groups is 1. The maximum Gasteiger partial charge on any atom is 0.407 e. The lowest BCUT2D eigenvalue weighted by Gasteiger charge is -2.19. The minimum atomic E-state index is -0.428. The first-order chi connectivity index (χ1) is 5.45. The predicted octanol–water partition coefficient (Wildman–Crippen LogP) is 2.42. The molecule has 0 atom stereocenters. The molecule has 0 heterocycles. The second kappa shape index (κ2) is 5.19. The Bertz CT molecular complexity index is 172. The van der Waals surface area contributed by atoms with E-state index in [-0.39, 0.29) is 0 Å². The quantitative estimate of drug-likeness (QED) is 0.799. The number of carbonyl (C=O) groups excluding carboxylic acids is 1. The van der Waals surface area contributed by atoms with E-state index in [1.54, 1.807) is 11.1 Å². The van der Waals surface area contributed by atoms with Gasteiger partial charge in [-0.2, -0.15) is 0 Å². The van der Waals surface area contributed by atoms with Gasteiger partial charge in [-0.25, -0.2) is 4.79 Å². The second-order valence-electron chi connectivity index (χ2n) is 3.24. The van der Waals surface area contributed by atoms with Crippen LogP contribution in [0.25, 0.3) is 0 Å². The fourth-order valence-electron chi connectivity index (χ4n) is 0.501. The number of hydrogen-bond donors (Lipinski definition) is 1. The Balaban J connectivity index is 3.61. The molecule has 0 bridgehead atoms. The zero-order valence-electron chi connectivity index (χ0n) is 7.56. The van der Waals surface area contributed by atoms with E-state index < -0.39 is 11.7 Å². The van der Waals surface area contributed by atoms with Crippen LogP contribution >= 0.6 is 15.9 Å². The lowest BCUT2D eigenvalue weighted by atomic mass is 10.2. The molecule has 0 aliphatic heterocycles.